The van der Waals surface area contributed by atoms with Gasteiger partial charge in [-0.1, -0.05) is 52.5 Å². The Balaban J connectivity index is 1.39. The highest BCUT2D eigenvalue weighted by Gasteiger charge is 2.13. The van der Waals surface area contributed by atoms with Crippen LogP contribution in [0.5, 0.6) is 5.75 Å². The molecule has 1 aromatic heterocycles. The molecule has 4 rings (SSSR count). The van der Waals surface area contributed by atoms with E-state index in [4.69, 9.17) is 21.3 Å². The highest BCUT2D eigenvalue weighted by Crippen LogP contribution is 2.27. The van der Waals surface area contributed by atoms with Crippen LogP contribution < -0.4 is 10.3 Å². The molecule has 0 fully saturated rings. The van der Waals surface area contributed by atoms with Crippen molar-refractivity contribution < 1.29 is 4.74 Å². The molecule has 4 nitrogen and oxygen atoms in total. The van der Waals surface area contributed by atoms with Gasteiger partial charge in [-0.15, -0.1) is 0 Å². The van der Waals surface area contributed by atoms with Crippen LogP contribution in [-0.4, -0.2) is 16.2 Å². The number of halogens is 2. The molecule has 34 heavy (non-hydrogen) atoms. The fraction of sp³-hybridized carbons (Fsp3) is 0.286. The lowest BCUT2D eigenvalue weighted by atomic mass is 10.1. The summed E-state index contributed by atoms with van der Waals surface area (Å²) in [5.41, 5.74) is 3.89. The van der Waals surface area contributed by atoms with Gasteiger partial charge >= 0.3 is 0 Å². The van der Waals surface area contributed by atoms with E-state index >= 15 is 0 Å². The molecular weight excluding hydrogens is 512 g/mol. The molecule has 0 saturated heterocycles. The second-order valence-corrected chi connectivity index (χ2v) is 9.90. The maximum absolute atomic E-state index is 13.3. The van der Waals surface area contributed by atoms with Crippen molar-refractivity contribution in [3.63, 3.8) is 0 Å². The normalized spacial score (nSPS) is 11.2. The van der Waals surface area contributed by atoms with Crippen molar-refractivity contribution in [1.82, 2.24) is 9.55 Å². The van der Waals surface area contributed by atoms with Gasteiger partial charge in [0, 0.05) is 21.6 Å². The quantitative estimate of drug-likeness (QED) is 0.204. The van der Waals surface area contributed by atoms with E-state index in [-0.39, 0.29) is 5.56 Å². The van der Waals surface area contributed by atoms with Gasteiger partial charge in [-0.05, 0) is 86.3 Å². The predicted molar refractivity (Wildman–Crippen MR) is 144 cm³/mol. The Morgan fingerprint density at radius 3 is 2.35 bits per heavy atom. The second-order valence-electron chi connectivity index (χ2n) is 8.55. The van der Waals surface area contributed by atoms with Crippen molar-refractivity contribution in [3.05, 3.63) is 91.6 Å². The molecule has 3 aromatic carbocycles. The molecule has 0 aliphatic heterocycles. The molecule has 0 amide bonds. The smallest absolute Gasteiger partial charge is 0.261 e. The molecule has 176 valence electrons. The van der Waals surface area contributed by atoms with Crippen LogP contribution in [0.3, 0.4) is 0 Å². The Morgan fingerprint density at radius 2 is 1.62 bits per heavy atom. The summed E-state index contributed by atoms with van der Waals surface area (Å²) in [6.07, 6.45) is 3.93. The van der Waals surface area contributed by atoms with Gasteiger partial charge in [0.2, 0.25) is 0 Å². The zero-order valence-corrected chi connectivity index (χ0v) is 21.8. The number of benzene rings is 3. The average molecular weight is 540 g/mol. The molecule has 6 heteroatoms. The van der Waals surface area contributed by atoms with Gasteiger partial charge in [-0.25, -0.2) is 4.98 Å². The molecule has 0 spiro atoms. The number of para-hydroxylation sites is 1. The molecule has 0 N–H and O–H groups in total. The first-order valence-corrected chi connectivity index (χ1v) is 12.8. The topological polar surface area (TPSA) is 44.1 Å². The van der Waals surface area contributed by atoms with Crippen molar-refractivity contribution in [2.24, 2.45) is 0 Å². The van der Waals surface area contributed by atoms with E-state index in [1.165, 1.54) is 0 Å². The van der Waals surface area contributed by atoms with Crippen LogP contribution in [0.2, 0.25) is 5.02 Å². The van der Waals surface area contributed by atoms with E-state index in [0.29, 0.717) is 34.9 Å². The minimum atomic E-state index is 0.0000668. The zero-order chi connectivity index (χ0) is 24.1. The van der Waals surface area contributed by atoms with Gasteiger partial charge in [0.15, 0.2) is 0 Å². The van der Waals surface area contributed by atoms with Crippen LogP contribution in [0.25, 0.3) is 22.3 Å². The SMILES string of the molecule is Cc1cc(Br)cc(C)c1OCCCCCCn1c(-c2ccc(Cl)cc2)nc2ccccc2c1=O. The van der Waals surface area contributed by atoms with E-state index in [9.17, 15) is 4.79 Å². The summed E-state index contributed by atoms with van der Waals surface area (Å²) in [4.78, 5) is 18.1. The molecular formula is C28H28BrClN2O2. The number of aromatic nitrogens is 2. The fourth-order valence-electron chi connectivity index (χ4n) is 4.22. The van der Waals surface area contributed by atoms with Gasteiger partial charge < -0.3 is 4.74 Å². The molecule has 0 aliphatic rings. The van der Waals surface area contributed by atoms with Gasteiger partial charge in [0.05, 0.1) is 17.5 Å². The first-order chi connectivity index (χ1) is 16.4. The van der Waals surface area contributed by atoms with Crippen LogP contribution in [-0.2, 0) is 6.54 Å². The Labute approximate surface area is 213 Å². The summed E-state index contributed by atoms with van der Waals surface area (Å²) in [6, 6.07) is 19.2. The van der Waals surface area contributed by atoms with Crippen LogP contribution in [0, 0.1) is 13.8 Å². The Kier molecular flexibility index (Phi) is 8.07. The van der Waals surface area contributed by atoms with Gasteiger partial charge in [-0.2, -0.15) is 0 Å². The van der Waals surface area contributed by atoms with Crippen molar-refractivity contribution in [1.29, 1.82) is 0 Å². The van der Waals surface area contributed by atoms with E-state index in [1.54, 1.807) is 4.57 Å². The summed E-state index contributed by atoms with van der Waals surface area (Å²) in [5.74, 6) is 1.66. The summed E-state index contributed by atoms with van der Waals surface area (Å²) in [5, 5.41) is 1.31. The number of nitrogens with zero attached hydrogens (tertiary/aromatic N) is 2. The molecule has 4 aromatic rings. The van der Waals surface area contributed by atoms with E-state index in [1.807, 2.05) is 48.5 Å². The highest BCUT2D eigenvalue weighted by atomic mass is 79.9. The summed E-state index contributed by atoms with van der Waals surface area (Å²) >= 11 is 9.60. The van der Waals surface area contributed by atoms with E-state index < -0.39 is 0 Å². The summed E-state index contributed by atoms with van der Waals surface area (Å²) in [6.45, 7) is 5.46. The van der Waals surface area contributed by atoms with Crippen LogP contribution >= 0.6 is 27.5 Å². The van der Waals surface area contributed by atoms with Gasteiger partial charge in [0.25, 0.3) is 5.56 Å². The lowest BCUT2D eigenvalue weighted by Crippen LogP contribution is -2.23. The lowest BCUT2D eigenvalue weighted by molar-refractivity contribution is 0.300. The molecule has 0 saturated carbocycles. The summed E-state index contributed by atoms with van der Waals surface area (Å²) < 4.78 is 8.92. The van der Waals surface area contributed by atoms with Crippen molar-refractivity contribution in [3.8, 4) is 17.1 Å². The third-order valence-electron chi connectivity index (χ3n) is 5.91. The van der Waals surface area contributed by atoms with Crippen molar-refractivity contribution >= 4 is 38.4 Å². The van der Waals surface area contributed by atoms with Crippen molar-refractivity contribution in [2.75, 3.05) is 6.61 Å². The van der Waals surface area contributed by atoms with Crippen molar-refractivity contribution in [2.45, 2.75) is 46.1 Å². The molecule has 0 radical (unpaired) electrons. The Hall–Kier alpha value is -2.63. The molecule has 0 bridgehead atoms. The minimum Gasteiger partial charge on any atom is -0.493 e. The number of rotatable bonds is 9. The predicted octanol–water partition coefficient (Wildman–Crippen LogP) is 7.74. The lowest BCUT2D eigenvalue weighted by Gasteiger charge is -2.14. The standard InChI is InChI=1S/C28H28BrClN2O2/c1-19-17-22(29)18-20(2)26(19)34-16-8-4-3-7-15-32-27(21-11-13-23(30)14-12-21)31-25-10-6-5-9-24(25)28(32)33/h5-6,9-14,17-18H,3-4,7-8,15-16H2,1-2H3. The maximum atomic E-state index is 13.3. The fourth-order valence-corrected chi connectivity index (χ4v) is 5.03. The Morgan fingerprint density at radius 1 is 0.941 bits per heavy atom. The number of ether oxygens (including phenoxy) is 1. The first kappa shape index (κ1) is 24.5. The van der Waals surface area contributed by atoms with E-state index in [2.05, 4.69) is 41.9 Å². The molecule has 0 unspecified atom stereocenters. The summed E-state index contributed by atoms with van der Waals surface area (Å²) in [7, 11) is 0. The number of hydrogen-bond donors (Lipinski definition) is 0. The second kappa shape index (κ2) is 11.2. The highest BCUT2D eigenvalue weighted by molar-refractivity contribution is 9.10. The van der Waals surface area contributed by atoms with Gasteiger partial charge in [-0.3, -0.25) is 9.36 Å². The number of fused-ring (bicyclic) bond motifs is 1. The van der Waals surface area contributed by atoms with Crippen LogP contribution in [0.1, 0.15) is 36.8 Å². The maximum Gasteiger partial charge on any atom is 0.261 e. The third kappa shape index (κ3) is 5.70. The third-order valence-corrected chi connectivity index (χ3v) is 6.62. The van der Waals surface area contributed by atoms with Crippen LogP contribution in [0.4, 0.5) is 0 Å². The molecule has 0 atom stereocenters. The molecule has 1 heterocycles. The van der Waals surface area contributed by atoms with Gasteiger partial charge in [0.1, 0.15) is 11.6 Å². The number of hydrogen-bond acceptors (Lipinski definition) is 3. The largest absolute Gasteiger partial charge is 0.493 e. The Bertz CT molecular complexity index is 1330. The van der Waals surface area contributed by atoms with E-state index in [0.717, 1.165) is 52.6 Å². The first-order valence-electron chi connectivity index (χ1n) is 11.6. The average Bonchev–Trinajstić information content (AvgIpc) is 2.81. The minimum absolute atomic E-state index is 0.0000668. The monoisotopic (exact) mass is 538 g/mol. The molecule has 0 aliphatic carbocycles. The zero-order valence-electron chi connectivity index (χ0n) is 19.5. The number of unbranched alkanes of at least 4 members (excludes halogenated alkanes) is 3. The van der Waals surface area contributed by atoms with Crippen LogP contribution in [0.15, 0.2) is 69.9 Å². The number of aryl methyl sites for hydroxylation is 2.